The fourth-order valence-electron chi connectivity index (χ4n) is 2.18. The highest BCUT2D eigenvalue weighted by Crippen LogP contribution is 2.14. The molecular formula is C16H32IN5O. The maximum Gasteiger partial charge on any atom is 0.191 e. The van der Waals surface area contributed by atoms with Crippen molar-refractivity contribution in [2.24, 2.45) is 4.99 Å². The highest BCUT2D eigenvalue weighted by molar-refractivity contribution is 14.0. The van der Waals surface area contributed by atoms with Crippen LogP contribution in [0.25, 0.3) is 0 Å². The molecule has 7 heteroatoms. The van der Waals surface area contributed by atoms with Crippen LogP contribution in [0.1, 0.15) is 44.6 Å². The molecule has 0 amide bonds. The summed E-state index contributed by atoms with van der Waals surface area (Å²) in [7, 11) is 1.71. The van der Waals surface area contributed by atoms with Gasteiger partial charge in [0.05, 0.1) is 25.4 Å². The third-order valence-corrected chi connectivity index (χ3v) is 3.27. The number of guanidine groups is 1. The molecule has 0 spiro atoms. The Bertz CT molecular complexity index is 505. The second-order valence-corrected chi connectivity index (χ2v) is 6.44. The number of hydrogen-bond donors (Lipinski definition) is 2. The molecule has 0 saturated heterocycles. The maximum atomic E-state index is 5.13. The molecule has 1 aromatic heterocycles. The predicted molar refractivity (Wildman–Crippen MR) is 107 cm³/mol. The lowest BCUT2D eigenvalue weighted by atomic mass is 10.1. The van der Waals surface area contributed by atoms with E-state index < -0.39 is 0 Å². The molecule has 6 nitrogen and oxygen atoms in total. The number of aryl methyl sites for hydroxylation is 1. The zero-order chi connectivity index (χ0) is 16.8. The smallest absolute Gasteiger partial charge is 0.191 e. The van der Waals surface area contributed by atoms with Crippen LogP contribution in [0, 0.1) is 13.8 Å². The van der Waals surface area contributed by atoms with E-state index >= 15 is 0 Å². The van der Waals surface area contributed by atoms with Crippen molar-refractivity contribution in [2.75, 3.05) is 20.3 Å². The van der Waals surface area contributed by atoms with Gasteiger partial charge in [-0.2, -0.15) is 5.10 Å². The summed E-state index contributed by atoms with van der Waals surface area (Å²) in [6.07, 6.45) is 0. The summed E-state index contributed by atoms with van der Waals surface area (Å²) in [5, 5.41) is 11.3. The molecule has 2 N–H and O–H groups in total. The van der Waals surface area contributed by atoms with Crippen molar-refractivity contribution in [1.82, 2.24) is 20.4 Å². The fraction of sp³-hybridized carbons (Fsp3) is 0.750. The Morgan fingerprint density at radius 1 is 1.30 bits per heavy atom. The minimum absolute atomic E-state index is 0. The van der Waals surface area contributed by atoms with Crippen LogP contribution in [0.3, 0.4) is 0 Å². The molecule has 23 heavy (non-hydrogen) atoms. The number of nitrogens with zero attached hydrogens (tertiary/aromatic N) is 3. The Morgan fingerprint density at radius 3 is 2.48 bits per heavy atom. The van der Waals surface area contributed by atoms with Gasteiger partial charge in [-0.1, -0.05) is 0 Å². The quantitative estimate of drug-likeness (QED) is 0.408. The van der Waals surface area contributed by atoms with Crippen LogP contribution in [0.4, 0.5) is 0 Å². The Kier molecular flexibility index (Phi) is 9.76. The van der Waals surface area contributed by atoms with Crippen molar-refractivity contribution in [3.05, 3.63) is 17.0 Å². The van der Waals surface area contributed by atoms with Crippen molar-refractivity contribution in [2.45, 2.75) is 60.2 Å². The van der Waals surface area contributed by atoms with E-state index in [1.165, 1.54) is 5.56 Å². The number of ether oxygens (including phenoxy) is 1. The van der Waals surface area contributed by atoms with Crippen LogP contribution in [0.5, 0.6) is 0 Å². The van der Waals surface area contributed by atoms with Crippen molar-refractivity contribution in [1.29, 1.82) is 0 Å². The van der Waals surface area contributed by atoms with E-state index in [9.17, 15) is 0 Å². The Hall–Kier alpha value is -0.830. The molecule has 0 saturated carbocycles. The van der Waals surface area contributed by atoms with Crippen molar-refractivity contribution in [3.8, 4) is 0 Å². The minimum atomic E-state index is -0.0201. The molecule has 0 atom stereocenters. The third-order valence-electron chi connectivity index (χ3n) is 3.27. The van der Waals surface area contributed by atoms with E-state index in [-0.39, 0.29) is 29.5 Å². The van der Waals surface area contributed by atoms with E-state index in [2.05, 4.69) is 50.4 Å². The van der Waals surface area contributed by atoms with Gasteiger partial charge in [0.15, 0.2) is 5.96 Å². The first-order valence-corrected chi connectivity index (χ1v) is 7.86. The molecule has 0 aliphatic heterocycles. The Morgan fingerprint density at radius 2 is 1.96 bits per heavy atom. The molecule has 0 unspecified atom stereocenters. The molecule has 0 radical (unpaired) electrons. The van der Waals surface area contributed by atoms with Crippen molar-refractivity contribution >= 4 is 29.9 Å². The van der Waals surface area contributed by atoms with Crippen LogP contribution in [0.2, 0.25) is 0 Å². The van der Waals surface area contributed by atoms with Gasteiger partial charge in [-0.25, -0.2) is 4.99 Å². The molecule has 134 valence electrons. The largest absolute Gasteiger partial charge is 0.383 e. The lowest BCUT2D eigenvalue weighted by molar-refractivity contribution is 0.182. The summed E-state index contributed by atoms with van der Waals surface area (Å²) < 4.78 is 7.12. The summed E-state index contributed by atoms with van der Waals surface area (Å²) in [5.74, 6) is 0.832. The van der Waals surface area contributed by atoms with Gasteiger partial charge >= 0.3 is 0 Å². The fourth-order valence-corrected chi connectivity index (χ4v) is 2.18. The van der Waals surface area contributed by atoms with Gasteiger partial charge in [0, 0.05) is 30.5 Å². The van der Waals surface area contributed by atoms with Crippen LogP contribution >= 0.6 is 24.0 Å². The number of aliphatic imine (C=N–C) groups is 1. The van der Waals surface area contributed by atoms with Gasteiger partial charge in [0.2, 0.25) is 0 Å². The first kappa shape index (κ1) is 22.2. The van der Waals surface area contributed by atoms with E-state index in [0.29, 0.717) is 13.2 Å². The Labute approximate surface area is 157 Å². The molecule has 1 rings (SSSR count). The number of nitrogens with one attached hydrogen (secondary N) is 2. The summed E-state index contributed by atoms with van der Waals surface area (Å²) >= 11 is 0. The van der Waals surface area contributed by atoms with Gasteiger partial charge in [0.25, 0.3) is 0 Å². The minimum Gasteiger partial charge on any atom is -0.383 e. The molecule has 0 aliphatic rings. The summed E-state index contributed by atoms with van der Waals surface area (Å²) in [6.45, 7) is 15.5. The van der Waals surface area contributed by atoms with E-state index in [1.807, 2.05) is 11.6 Å². The standard InChI is InChI=1S/C16H31N5O.HI/c1-8-17-15(19-16(4,5)6)18-11-14-12(2)20-21(13(14)3)9-10-22-7;/h8-11H2,1-7H3,(H2,17,18,19);1H. The summed E-state index contributed by atoms with van der Waals surface area (Å²) in [6, 6.07) is 0. The second-order valence-electron chi connectivity index (χ2n) is 6.44. The first-order valence-electron chi connectivity index (χ1n) is 7.86. The van der Waals surface area contributed by atoms with Crippen molar-refractivity contribution < 1.29 is 4.74 Å². The lowest BCUT2D eigenvalue weighted by Crippen LogP contribution is -2.47. The monoisotopic (exact) mass is 437 g/mol. The highest BCUT2D eigenvalue weighted by Gasteiger charge is 2.14. The number of halogens is 1. The van der Waals surface area contributed by atoms with Gasteiger partial charge < -0.3 is 15.4 Å². The van der Waals surface area contributed by atoms with Crippen LogP contribution in [-0.4, -0.2) is 41.5 Å². The zero-order valence-corrected chi connectivity index (χ0v) is 17.8. The average Bonchev–Trinajstić information content (AvgIpc) is 2.67. The molecular weight excluding hydrogens is 405 g/mol. The van der Waals surface area contributed by atoms with Crippen LogP contribution in [0.15, 0.2) is 4.99 Å². The van der Waals surface area contributed by atoms with Gasteiger partial charge in [0.1, 0.15) is 0 Å². The number of aromatic nitrogens is 2. The lowest BCUT2D eigenvalue weighted by Gasteiger charge is -2.23. The number of rotatable bonds is 6. The third kappa shape index (κ3) is 7.52. The SMILES string of the molecule is CCNC(=NCc1c(C)nn(CCOC)c1C)NC(C)(C)C.I. The molecule has 0 fully saturated rings. The number of hydrogen-bond acceptors (Lipinski definition) is 3. The Balaban J connectivity index is 0.00000484. The van der Waals surface area contributed by atoms with E-state index in [4.69, 9.17) is 9.73 Å². The normalized spacial score (nSPS) is 12.0. The van der Waals surface area contributed by atoms with E-state index in [1.54, 1.807) is 7.11 Å². The molecule has 1 aromatic rings. The molecule has 0 bridgehead atoms. The van der Waals surface area contributed by atoms with E-state index in [0.717, 1.165) is 30.4 Å². The maximum absolute atomic E-state index is 5.13. The van der Waals surface area contributed by atoms with Crippen LogP contribution < -0.4 is 10.6 Å². The van der Waals surface area contributed by atoms with Gasteiger partial charge in [-0.3, -0.25) is 4.68 Å². The van der Waals surface area contributed by atoms with Crippen LogP contribution in [-0.2, 0) is 17.8 Å². The topological polar surface area (TPSA) is 63.5 Å². The first-order chi connectivity index (χ1) is 10.3. The number of methoxy groups -OCH3 is 1. The highest BCUT2D eigenvalue weighted by atomic mass is 127. The summed E-state index contributed by atoms with van der Waals surface area (Å²) in [4.78, 5) is 4.69. The zero-order valence-electron chi connectivity index (χ0n) is 15.5. The van der Waals surface area contributed by atoms with Gasteiger partial charge in [-0.05, 0) is 41.5 Å². The molecule has 0 aliphatic carbocycles. The van der Waals surface area contributed by atoms with Crippen molar-refractivity contribution in [3.63, 3.8) is 0 Å². The molecule has 0 aromatic carbocycles. The molecule has 1 heterocycles. The predicted octanol–water partition coefficient (Wildman–Crippen LogP) is 2.62. The second kappa shape index (κ2) is 10.1. The van der Waals surface area contributed by atoms with Gasteiger partial charge in [-0.15, -0.1) is 24.0 Å². The summed E-state index contributed by atoms with van der Waals surface area (Å²) in [5.41, 5.74) is 3.35. The average molecular weight is 437 g/mol.